The van der Waals surface area contributed by atoms with Crippen molar-refractivity contribution in [1.82, 2.24) is 0 Å². The maximum atomic E-state index is 10.4. The van der Waals surface area contributed by atoms with Crippen molar-refractivity contribution in [3.63, 3.8) is 0 Å². The standard InChI is InChI=1S/C19H30O3/c1-17-6-2-3-14(17)13-9-16-19(22-16)10-12(21)4-8-18(19,11-20)15(13)5-7-17/h12-16,20-21H,2-11H2,1H3/t12?,13-,14-,15-,16-,17-,18-,19-/m0/s1. The molecule has 124 valence electrons. The second-order valence-corrected chi connectivity index (χ2v) is 9.40. The molecule has 0 bridgehead atoms. The van der Waals surface area contributed by atoms with Gasteiger partial charge in [-0.2, -0.15) is 0 Å². The van der Waals surface area contributed by atoms with Gasteiger partial charge in [0.25, 0.3) is 0 Å². The largest absolute Gasteiger partial charge is 0.396 e. The molecule has 4 saturated carbocycles. The average molecular weight is 306 g/mol. The highest BCUT2D eigenvalue weighted by Crippen LogP contribution is 2.73. The van der Waals surface area contributed by atoms with Gasteiger partial charge in [0.1, 0.15) is 5.60 Å². The molecule has 8 atom stereocenters. The normalized spacial score (nSPS) is 62.6. The molecular formula is C19H30O3. The fourth-order valence-electron chi connectivity index (χ4n) is 7.74. The van der Waals surface area contributed by atoms with E-state index in [1.54, 1.807) is 0 Å². The highest BCUT2D eigenvalue weighted by molar-refractivity contribution is 5.25. The first kappa shape index (κ1) is 14.2. The minimum Gasteiger partial charge on any atom is -0.396 e. The first-order chi connectivity index (χ1) is 10.5. The predicted octanol–water partition coefficient (Wildman–Crippen LogP) is 2.88. The van der Waals surface area contributed by atoms with E-state index in [1.165, 1.54) is 38.5 Å². The van der Waals surface area contributed by atoms with Crippen molar-refractivity contribution in [3.8, 4) is 0 Å². The molecule has 4 aliphatic carbocycles. The molecular weight excluding hydrogens is 276 g/mol. The molecule has 3 heteroatoms. The summed E-state index contributed by atoms with van der Waals surface area (Å²) in [5.74, 6) is 2.23. The number of ether oxygens (including phenoxy) is 1. The van der Waals surface area contributed by atoms with Gasteiger partial charge in [-0.1, -0.05) is 13.3 Å². The molecule has 2 N–H and O–H groups in total. The fraction of sp³-hybridized carbons (Fsp3) is 1.00. The van der Waals surface area contributed by atoms with Crippen LogP contribution in [0.1, 0.15) is 64.7 Å². The zero-order valence-electron chi connectivity index (χ0n) is 13.8. The summed E-state index contributed by atoms with van der Waals surface area (Å²) in [5.41, 5.74) is 0.331. The minimum absolute atomic E-state index is 0.0519. The van der Waals surface area contributed by atoms with E-state index in [1.807, 2.05) is 0 Å². The number of aliphatic hydroxyl groups excluding tert-OH is 2. The minimum atomic E-state index is -0.221. The Morgan fingerprint density at radius 2 is 1.95 bits per heavy atom. The Morgan fingerprint density at radius 1 is 1.09 bits per heavy atom. The van der Waals surface area contributed by atoms with Gasteiger partial charge in [0, 0.05) is 11.8 Å². The first-order valence-electron chi connectivity index (χ1n) is 9.51. The molecule has 5 fully saturated rings. The number of fused-ring (bicyclic) bond motifs is 4. The van der Waals surface area contributed by atoms with Crippen molar-refractivity contribution in [3.05, 3.63) is 0 Å². The van der Waals surface area contributed by atoms with Crippen LogP contribution in [0.25, 0.3) is 0 Å². The molecule has 1 spiro atoms. The smallest absolute Gasteiger partial charge is 0.105 e. The van der Waals surface area contributed by atoms with Gasteiger partial charge in [-0.15, -0.1) is 0 Å². The Bertz CT molecular complexity index is 493. The summed E-state index contributed by atoms with van der Waals surface area (Å²) >= 11 is 0. The molecule has 0 amide bonds. The van der Waals surface area contributed by atoms with Crippen LogP contribution in [0, 0.1) is 28.6 Å². The second-order valence-electron chi connectivity index (χ2n) is 9.40. The van der Waals surface area contributed by atoms with Crippen molar-refractivity contribution in [2.24, 2.45) is 28.6 Å². The lowest BCUT2D eigenvalue weighted by atomic mass is 9.44. The molecule has 1 saturated heterocycles. The van der Waals surface area contributed by atoms with Crippen molar-refractivity contribution < 1.29 is 14.9 Å². The van der Waals surface area contributed by atoms with Gasteiger partial charge in [-0.3, -0.25) is 0 Å². The third-order valence-electron chi connectivity index (χ3n) is 8.82. The Hall–Kier alpha value is -0.120. The SMILES string of the molecule is C[C@@]12CCC[C@H]1[C@@H]1C[C@@H]3O[C@@]34CC(O)CC[C@]4(CO)[C@H]1CC2. The van der Waals surface area contributed by atoms with Crippen molar-refractivity contribution in [2.75, 3.05) is 6.61 Å². The summed E-state index contributed by atoms with van der Waals surface area (Å²) < 4.78 is 6.29. The van der Waals surface area contributed by atoms with Gasteiger partial charge >= 0.3 is 0 Å². The van der Waals surface area contributed by atoms with Crippen molar-refractivity contribution in [1.29, 1.82) is 0 Å². The Kier molecular flexibility index (Phi) is 2.77. The van der Waals surface area contributed by atoms with Crippen molar-refractivity contribution >= 4 is 0 Å². The van der Waals surface area contributed by atoms with E-state index < -0.39 is 0 Å². The highest BCUT2D eigenvalue weighted by atomic mass is 16.6. The quantitative estimate of drug-likeness (QED) is 0.732. The van der Waals surface area contributed by atoms with Gasteiger partial charge in [0.15, 0.2) is 0 Å². The molecule has 0 radical (unpaired) electrons. The van der Waals surface area contributed by atoms with E-state index >= 15 is 0 Å². The molecule has 1 aliphatic heterocycles. The number of hydrogen-bond acceptors (Lipinski definition) is 3. The van der Waals surface area contributed by atoms with Crippen LogP contribution in [-0.4, -0.2) is 34.6 Å². The molecule has 1 unspecified atom stereocenters. The molecule has 5 aliphatic rings. The fourth-order valence-corrected chi connectivity index (χ4v) is 7.74. The summed E-state index contributed by atoms with van der Waals surface area (Å²) in [5, 5.41) is 20.6. The lowest BCUT2D eigenvalue weighted by molar-refractivity contribution is -0.138. The van der Waals surface area contributed by atoms with Gasteiger partial charge in [-0.25, -0.2) is 0 Å². The summed E-state index contributed by atoms with van der Waals surface area (Å²) in [7, 11) is 0. The topological polar surface area (TPSA) is 53.0 Å². The molecule has 0 aromatic carbocycles. The number of rotatable bonds is 1. The Morgan fingerprint density at radius 3 is 2.77 bits per heavy atom. The van der Waals surface area contributed by atoms with E-state index in [-0.39, 0.29) is 23.7 Å². The lowest BCUT2D eigenvalue weighted by Crippen LogP contribution is -2.61. The van der Waals surface area contributed by atoms with Gasteiger partial charge in [-0.05, 0) is 68.1 Å². The average Bonchev–Trinajstić information content (AvgIpc) is 3.03. The zero-order valence-corrected chi connectivity index (χ0v) is 13.8. The van der Waals surface area contributed by atoms with E-state index in [4.69, 9.17) is 4.74 Å². The van der Waals surface area contributed by atoms with Crippen LogP contribution in [0.2, 0.25) is 0 Å². The first-order valence-corrected chi connectivity index (χ1v) is 9.51. The summed E-state index contributed by atoms with van der Waals surface area (Å²) in [6.45, 7) is 2.79. The van der Waals surface area contributed by atoms with E-state index in [2.05, 4.69) is 6.92 Å². The zero-order chi connectivity index (χ0) is 15.2. The maximum absolute atomic E-state index is 10.4. The lowest BCUT2D eigenvalue weighted by Gasteiger charge is -2.59. The maximum Gasteiger partial charge on any atom is 0.105 e. The van der Waals surface area contributed by atoms with Crippen LogP contribution in [0.15, 0.2) is 0 Å². The van der Waals surface area contributed by atoms with E-state index in [9.17, 15) is 10.2 Å². The molecule has 0 aromatic rings. The molecule has 22 heavy (non-hydrogen) atoms. The van der Waals surface area contributed by atoms with Crippen LogP contribution < -0.4 is 0 Å². The molecule has 5 rings (SSSR count). The monoisotopic (exact) mass is 306 g/mol. The number of aliphatic hydroxyl groups is 2. The van der Waals surface area contributed by atoms with Gasteiger partial charge in [0.2, 0.25) is 0 Å². The third-order valence-corrected chi connectivity index (χ3v) is 8.82. The Labute approximate surface area is 133 Å². The van der Waals surface area contributed by atoms with Crippen LogP contribution in [-0.2, 0) is 4.74 Å². The van der Waals surface area contributed by atoms with E-state index in [0.717, 1.165) is 31.1 Å². The van der Waals surface area contributed by atoms with Gasteiger partial charge < -0.3 is 14.9 Å². The van der Waals surface area contributed by atoms with E-state index in [0.29, 0.717) is 17.4 Å². The second kappa shape index (κ2) is 4.29. The van der Waals surface area contributed by atoms with Crippen LogP contribution in [0.5, 0.6) is 0 Å². The van der Waals surface area contributed by atoms with Crippen molar-refractivity contribution in [2.45, 2.75) is 82.5 Å². The van der Waals surface area contributed by atoms with Crippen LogP contribution in [0.3, 0.4) is 0 Å². The summed E-state index contributed by atoms with van der Waals surface area (Å²) in [6.07, 6.45) is 10.7. The summed E-state index contributed by atoms with van der Waals surface area (Å²) in [4.78, 5) is 0. The highest BCUT2D eigenvalue weighted by Gasteiger charge is 2.77. The van der Waals surface area contributed by atoms with Crippen LogP contribution >= 0.6 is 0 Å². The number of epoxide rings is 1. The summed E-state index contributed by atoms with van der Waals surface area (Å²) in [6, 6.07) is 0. The number of hydrogen-bond donors (Lipinski definition) is 2. The predicted molar refractivity (Wildman–Crippen MR) is 83.3 cm³/mol. The van der Waals surface area contributed by atoms with Crippen LogP contribution in [0.4, 0.5) is 0 Å². The molecule has 3 nitrogen and oxygen atoms in total. The third kappa shape index (κ3) is 1.49. The molecule has 1 heterocycles. The van der Waals surface area contributed by atoms with Gasteiger partial charge in [0.05, 0.1) is 18.8 Å². The Balaban J connectivity index is 1.54. The molecule has 0 aromatic heterocycles.